The van der Waals surface area contributed by atoms with Gasteiger partial charge < -0.3 is 24.5 Å². The Morgan fingerprint density at radius 3 is 2.65 bits per heavy atom. The van der Waals surface area contributed by atoms with Crippen molar-refractivity contribution in [3.8, 4) is 17.0 Å². The van der Waals surface area contributed by atoms with Gasteiger partial charge in [0.05, 0.1) is 30.1 Å². The Labute approximate surface area is 200 Å². The number of rotatable bonds is 7. The molecule has 0 radical (unpaired) electrons. The average molecular weight is 464 g/mol. The maximum absolute atomic E-state index is 12.1. The van der Waals surface area contributed by atoms with Gasteiger partial charge in [0.15, 0.2) is 0 Å². The second kappa shape index (κ2) is 9.58. The highest BCUT2D eigenvalue weighted by Gasteiger charge is 2.27. The van der Waals surface area contributed by atoms with E-state index in [9.17, 15) is 4.79 Å². The Morgan fingerprint density at radius 2 is 2.00 bits per heavy atom. The third kappa shape index (κ3) is 4.44. The maximum atomic E-state index is 12.1. The minimum absolute atomic E-state index is 0.105. The molecule has 2 unspecified atom stereocenters. The fourth-order valence-electron chi connectivity index (χ4n) is 4.63. The van der Waals surface area contributed by atoms with Crippen LogP contribution in [-0.4, -0.2) is 36.1 Å². The quantitative estimate of drug-likeness (QED) is 0.440. The van der Waals surface area contributed by atoms with Crippen LogP contribution in [0.4, 0.5) is 16.2 Å². The van der Waals surface area contributed by atoms with E-state index in [1.807, 2.05) is 44.2 Å². The molecule has 3 aromatic rings. The number of ether oxygens (including phenoxy) is 3. The molecule has 2 heterocycles. The van der Waals surface area contributed by atoms with Crippen LogP contribution >= 0.6 is 0 Å². The summed E-state index contributed by atoms with van der Waals surface area (Å²) in [5.41, 5.74) is 11.3. The number of benzene rings is 2. The molecule has 1 aliphatic heterocycles. The van der Waals surface area contributed by atoms with E-state index < -0.39 is 6.09 Å². The summed E-state index contributed by atoms with van der Waals surface area (Å²) in [6, 6.07) is 14.4. The predicted molar refractivity (Wildman–Crippen MR) is 134 cm³/mol. The van der Waals surface area contributed by atoms with Crippen molar-refractivity contribution in [3.63, 3.8) is 0 Å². The van der Waals surface area contributed by atoms with E-state index in [4.69, 9.17) is 19.9 Å². The van der Waals surface area contributed by atoms with Gasteiger partial charge in [-0.1, -0.05) is 19.1 Å². The summed E-state index contributed by atoms with van der Waals surface area (Å²) >= 11 is 0. The van der Waals surface area contributed by atoms with E-state index in [0.29, 0.717) is 18.3 Å². The first-order valence-corrected chi connectivity index (χ1v) is 12.3. The van der Waals surface area contributed by atoms with Crippen molar-refractivity contribution < 1.29 is 19.0 Å². The molecule has 2 fully saturated rings. The smallest absolute Gasteiger partial charge is 0.411 e. The molecular weight excluding hydrogens is 430 g/mol. The van der Waals surface area contributed by atoms with Crippen LogP contribution in [0.5, 0.6) is 5.75 Å². The van der Waals surface area contributed by atoms with Gasteiger partial charge in [-0.2, -0.15) is 0 Å². The Kier molecular flexibility index (Phi) is 6.37. The maximum Gasteiger partial charge on any atom is 0.411 e. The summed E-state index contributed by atoms with van der Waals surface area (Å²) in [7, 11) is 0. The van der Waals surface area contributed by atoms with E-state index in [0.717, 1.165) is 65.9 Å². The number of carbonyl (C=O) groups is 1. The van der Waals surface area contributed by atoms with Crippen molar-refractivity contribution in [1.82, 2.24) is 4.57 Å². The van der Waals surface area contributed by atoms with Gasteiger partial charge in [0.2, 0.25) is 0 Å². The summed E-state index contributed by atoms with van der Waals surface area (Å²) < 4.78 is 19.3. The van der Waals surface area contributed by atoms with Crippen LogP contribution < -0.4 is 15.8 Å². The lowest BCUT2D eigenvalue weighted by atomic mass is 9.92. The molecule has 5 rings (SSSR count). The average Bonchev–Trinajstić information content (AvgIpc) is 3.40. The second-order valence-corrected chi connectivity index (χ2v) is 9.33. The van der Waals surface area contributed by atoms with E-state index in [1.165, 1.54) is 6.42 Å². The molecule has 1 saturated carbocycles. The number of aromatic nitrogens is 1. The third-order valence-electron chi connectivity index (χ3n) is 6.93. The lowest BCUT2D eigenvalue weighted by Crippen LogP contribution is -2.19. The largest absolute Gasteiger partial charge is 0.488 e. The number of carbonyl (C=O) groups excluding carboxylic acids is 1. The first kappa shape index (κ1) is 22.6. The summed E-state index contributed by atoms with van der Waals surface area (Å²) in [6.07, 6.45) is 4.74. The van der Waals surface area contributed by atoms with Crippen LogP contribution in [-0.2, 0) is 9.47 Å². The van der Waals surface area contributed by atoms with Crippen molar-refractivity contribution in [2.45, 2.75) is 64.2 Å². The Bertz CT molecular complexity index is 1160. The molecule has 2 aromatic carbocycles. The Balaban J connectivity index is 1.46. The van der Waals surface area contributed by atoms with E-state index in [-0.39, 0.29) is 12.2 Å². The van der Waals surface area contributed by atoms with Crippen LogP contribution in [0.25, 0.3) is 22.2 Å². The van der Waals surface area contributed by atoms with E-state index >= 15 is 0 Å². The van der Waals surface area contributed by atoms with Crippen molar-refractivity contribution >= 4 is 28.4 Å². The zero-order chi connectivity index (χ0) is 23.7. The van der Waals surface area contributed by atoms with Crippen molar-refractivity contribution in [2.75, 3.05) is 24.3 Å². The molecule has 1 aromatic heterocycles. The predicted octanol–water partition coefficient (Wildman–Crippen LogP) is 6.13. The number of nitrogens with one attached hydrogen (secondary N) is 1. The SMILES string of the molecule is CCC(C)OC(=O)Nc1ccc(-c2c(N)c3ccc(OC4CCOC4)cc3n2C2CCC2)cc1. The molecular formula is C27H33N3O4. The molecule has 1 saturated heterocycles. The molecule has 34 heavy (non-hydrogen) atoms. The lowest BCUT2D eigenvalue weighted by molar-refractivity contribution is 0.118. The van der Waals surface area contributed by atoms with Gasteiger partial charge in [0, 0.05) is 35.2 Å². The number of fused-ring (bicyclic) bond motifs is 1. The second-order valence-electron chi connectivity index (χ2n) is 9.33. The molecule has 1 amide bonds. The summed E-state index contributed by atoms with van der Waals surface area (Å²) in [4.78, 5) is 12.1. The number of hydrogen-bond donors (Lipinski definition) is 2. The monoisotopic (exact) mass is 463 g/mol. The van der Waals surface area contributed by atoms with Crippen LogP contribution in [0, 0.1) is 0 Å². The fraction of sp³-hybridized carbons (Fsp3) is 0.444. The third-order valence-corrected chi connectivity index (χ3v) is 6.93. The Hall–Kier alpha value is -3.19. The first-order chi connectivity index (χ1) is 16.5. The Morgan fingerprint density at radius 1 is 1.21 bits per heavy atom. The van der Waals surface area contributed by atoms with Crippen molar-refractivity contribution in [3.05, 3.63) is 42.5 Å². The molecule has 7 heteroatoms. The van der Waals surface area contributed by atoms with Crippen LogP contribution in [0.3, 0.4) is 0 Å². The zero-order valence-corrected chi connectivity index (χ0v) is 19.9. The highest BCUT2D eigenvalue weighted by Crippen LogP contribution is 2.45. The molecule has 2 aliphatic rings. The molecule has 0 bridgehead atoms. The highest BCUT2D eigenvalue weighted by molar-refractivity contribution is 6.01. The van der Waals surface area contributed by atoms with E-state index in [1.54, 1.807) is 0 Å². The number of nitrogen functional groups attached to an aromatic ring is 1. The number of anilines is 2. The minimum Gasteiger partial charge on any atom is -0.488 e. The standard InChI is InChI=1S/C27H33N3O4/c1-3-17(2)33-27(31)29-19-9-7-18(8-10-19)26-25(28)23-12-11-21(34-22-13-14-32-16-22)15-24(23)30(26)20-5-4-6-20/h7-12,15,17,20,22H,3-6,13-14,16,28H2,1-2H3,(H,29,31). The topological polar surface area (TPSA) is 87.7 Å². The fourth-order valence-corrected chi connectivity index (χ4v) is 4.63. The van der Waals surface area contributed by atoms with Gasteiger partial charge >= 0.3 is 6.09 Å². The van der Waals surface area contributed by atoms with E-state index in [2.05, 4.69) is 22.0 Å². The van der Waals surface area contributed by atoms with Crippen LogP contribution in [0.1, 0.15) is 52.0 Å². The van der Waals surface area contributed by atoms with Gasteiger partial charge in [0.1, 0.15) is 18.0 Å². The number of nitrogens with zero attached hydrogens (tertiary/aromatic N) is 1. The first-order valence-electron chi connectivity index (χ1n) is 12.3. The summed E-state index contributed by atoms with van der Waals surface area (Å²) in [5, 5.41) is 3.84. The van der Waals surface area contributed by atoms with Crippen molar-refractivity contribution in [1.29, 1.82) is 0 Å². The van der Waals surface area contributed by atoms with Gasteiger partial charge in [0.25, 0.3) is 0 Å². The molecule has 7 nitrogen and oxygen atoms in total. The number of hydrogen-bond acceptors (Lipinski definition) is 5. The van der Waals surface area contributed by atoms with Crippen LogP contribution in [0.15, 0.2) is 42.5 Å². The normalized spacial score (nSPS) is 19.1. The van der Waals surface area contributed by atoms with Crippen LogP contribution in [0.2, 0.25) is 0 Å². The van der Waals surface area contributed by atoms with Gasteiger partial charge in [-0.25, -0.2) is 4.79 Å². The van der Waals surface area contributed by atoms with Crippen molar-refractivity contribution in [2.24, 2.45) is 0 Å². The minimum atomic E-state index is -0.439. The van der Waals surface area contributed by atoms with Gasteiger partial charge in [-0.05, 0) is 56.9 Å². The molecule has 1 aliphatic carbocycles. The lowest BCUT2D eigenvalue weighted by Gasteiger charge is -2.30. The molecule has 3 N–H and O–H groups in total. The summed E-state index contributed by atoms with van der Waals surface area (Å²) in [5.74, 6) is 0.854. The zero-order valence-electron chi connectivity index (χ0n) is 19.9. The van der Waals surface area contributed by atoms with Gasteiger partial charge in [-0.15, -0.1) is 0 Å². The summed E-state index contributed by atoms with van der Waals surface area (Å²) in [6.45, 7) is 5.25. The number of nitrogens with two attached hydrogens (primary N) is 1. The molecule has 0 spiro atoms. The number of amides is 1. The highest BCUT2D eigenvalue weighted by atomic mass is 16.6. The van der Waals surface area contributed by atoms with Gasteiger partial charge in [-0.3, -0.25) is 5.32 Å². The molecule has 180 valence electrons. The molecule has 2 atom stereocenters.